The van der Waals surface area contributed by atoms with E-state index in [4.69, 9.17) is 9.97 Å². The molecule has 4 heterocycles. The van der Waals surface area contributed by atoms with Crippen LogP contribution in [0.1, 0.15) is 0 Å². The Morgan fingerprint density at radius 1 is 0.381 bits per heavy atom. The van der Waals surface area contributed by atoms with Gasteiger partial charge in [-0.15, -0.1) is 0 Å². The van der Waals surface area contributed by atoms with Gasteiger partial charge in [0.2, 0.25) is 0 Å². The summed E-state index contributed by atoms with van der Waals surface area (Å²) in [6, 6.07) is 41.5. The van der Waals surface area contributed by atoms with Crippen LogP contribution in [0, 0.1) is 0 Å². The number of hydrogen-bond acceptors (Lipinski definition) is 4. The highest BCUT2D eigenvalue weighted by Crippen LogP contribution is 2.33. The topological polar surface area (TPSA) is 83.1 Å². The molecule has 4 aromatic carbocycles. The molecule has 42 heavy (non-hydrogen) atoms. The molecule has 0 spiro atoms. The number of hydrogen-bond donors (Lipinski definition) is 2. The predicted octanol–water partition coefficient (Wildman–Crippen LogP) is 8.56. The Bertz CT molecular complexity index is 2000. The van der Waals surface area contributed by atoms with Crippen molar-refractivity contribution in [2.45, 2.75) is 0 Å². The predicted molar refractivity (Wildman–Crippen MR) is 169 cm³/mol. The lowest BCUT2D eigenvalue weighted by Gasteiger charge is -2.08. The summed E-state index contributed by atoms with van der Waals surface area (Å²) in [6.07, 6.45) is 3.57. The van der Waals surface area contributed by atoms with E-state index in [1.165, 1.54) is 0 Å². The van der Waals surface area contributed by atoms with E-state index in [2.05, 4.69) is 105 Å². The average Bonchev–Trinajstić information content (AvgIpc) is 3.71. The van der Waals surface area contributed by atoms with Gasteiger partial charge in [0, 0.05) is 23.5 Å². The number of H-pyrrole nitrogens is 2. The van der Waals surface area contributed by atoms with Crippen molar-refractivity contribution in [2.24, 2.45) is 0 Å². The van der Waals surface area contributed by atoms with Gasteiger partial charge in [-0.2, -0.15) is 0 Å². The standard InChI is InChI=1S/C36H24N6/c1-3-21-37-31(9-1)35-39-29-11-5-7-27(33(29)41-35)25-17-13-23(14-18-25)24-15-19-26(20-16-24)28-8-6-12-30-34(28)42-36(40-30)32-10-2-4-22-38-32/h1-22H,(H,39,41)(H,40,42). The summed E-state index contributed by atoms with van der Waals surface area (Å²) in [6.45, 7) is 0. The molecule has 0 radical (unpaired) electrons. The van der Waals surface area contributed by atoms with Gasteiger partial charge in [0.1, 0.15) is 11.4 Å². The first-order valence-corrected chi connectivity index (χ1v) is 13.8. The van der Waals surface area contributed by atoms with Crippen LogP contribution in [-0.4, -0.2) is 29.9 Å². The number of fused-ring (bicyclic) bond motifs is 2. The highest BCUT2D eigenvalue weighted by Gasteiger charge is 2.13. The van der Waals surface area contributed by atoms with Crippen molar-refractivity contribution in [3.05, 3.63) is 134 Å². The fourth-order valence-corrected chi connectivity index (χ4v) is 5.46. The van der Waals surface area contributed by atoms with Crippen LogP contribution in [-0.2, 0) is 0 Å². The molecule has 0 saturated carbocycles. The minimum Gasteiger partial charge on any atom is -0.337 e. The summed E-state index contributed by atoms with van der Waals surface area (Å²) in [5.41, 5.74) is 12.2. The number of para-hydroxylation sites is 2. The van der Waals surface area contributed by atoms with E-state index in [0.29, 0.717) is 0 Å². The lowest BCUT2D eigenvalue weighted by Crippen LogP contribution is -1.85. The maximum Gasteiger partial charge on any atom is 0.157 e. The molecular weight excluding hydrogens is 516 g/mol. The lowest BCUT2D eigenvalue weighted by atomic mass is 9.97. The molecule has 0 amide bonds. The zero-order valence-electron chi connectivity index (χ0n) is 22.5. The van der Waals surface area contributed by atoms with Crippen LogP contribution in [0.15, 0.2) is 134 Å². The highest BCUT2D eigenvalue weighted by molar-refractivity contribution is 5.95. The van der Waals surface area contributed by atoms with Crippen LogP contribution in [0.2, 0.25) is 0 Å². The first kappa shape index (κ1) is 24.0. The molecule has 2 N–H and O–H groups in total. The second kappa shape index (κ2) is 9.94. The molecule has 0 atom stereocenters. The maximum atomic E-state index is 4.89. The minimum atomic E-state index is 0.772. The number of rotatable bonds is 5. The third-order valence-electron chi connectivity index (χ3n) is 7.57. The Balaban J connectivity index is 1.09. The molecule has 4 aromatic heterocycles. The molecule has 0 bridgehead atoms. The molecule has 8 aromatic rings. The highest BCUT2D eigenvalue weighted by atomic mass is 15.0. The largest absolute Gasteiger partial charge is 0.337 e. The zero-order chi connectivity index (χ0) is 27.9. The van der Waals surface area contributed by atoms with Crippen LogP contribution in [0.5, 0.6) is 0 Å². The molecule has 0 saturated heterocycles. The van der Waals surface area contributed by atoms with Crippen molar-refractivity contribution < 1.29 is 0 Å². The van der Waals surface area contributed by atoms with Gasteiger partial charge >= 0.3 is 0 Å². The van der Waals surface area contributed by atoms with Crippen molar-refractivity contribution in [3.8, 4) is 56.4 Å². The van der Waals surface area contributed by atoms with Gasteiger partial charge in [0.15, 0.2) is 11.6 Å². The Morgan fingerprint density at radius 2 is 0.810 bits per heavy atom. The van der Waals surface area contributed by atoms with Crippen LogP contribution in [0.3, 0.4) is 0 Å². The third-order valence-corrected chi connectivity index (χ3v) is 7.57. The van der Waals surface area contributed by atoms with E-state index in [-0.39, 0.29) is 0 Å². The fraction of sp³-hybridized carbons (Fsp3) is 0. The Labute approximate surface area is 241 Å². The molecule has 0 aliphatic rings. The molecule has 6 nitrogen and oxygen atoms in total. The van der Waals surface area contributed by atoms with E-state index in [9.17, 15) is 0 Å². The number of nitrogens with zero attached hydrogens (tertiary/aromatic N) is 4. The molecule has 0 unspecified atom stereocenters. The molecule has 198 valence electrons. The minimum absolute atomic E-state index is 0.772. The molecule has 0 fully saturated rings. The zero-order valence-corrected chi connectivity index (χ0v) is 22.5. The summed E-state index contributed by atoms with van der Waals surface area (Å²) < 4.78 is 0. The van der Waals surface area contributed by atoms with Gasteiger partial charge in [0.25, 0.3) is 0 Å². The van der Waals surface area contributed by atoms with Crippen molar-refractivity contribution >= 4 is 22.1 Å². The van der Waals surface area contributed by atoms with Crippen molar-refractivity contribution in [2.75, 3.05) is 0 Å². The van der Waals surface area contributed by atoms with E-state index in [0.717, 1.165) is 78.5 Å². The van der Waals surface area contributed by atoms with Crippen LogP contribution >= 0.6 is 0 Å². The van der Waals surface area contributed by atoms with E-state index in [1.54, 1.807) is 12.4 Å². The van der Waals surface area contributed by atoms with Crippen molar-refractivity contribution in [1.29, 1.82) is 0 Å². The average molecular weight is 541 g/mol. The van der Waals surface area contributed by atoms with Crippen molar-refractivity contribution in [3.63, 3.8) is 0 Å². The van der Waals surface area contributed by atoms with E-state index < -0.39 is 0 Å². The third kappa shape index (κ3) is 4.22. The van der Waals surface area contributed by atoms with Crippen LogP contribution in [0.4, 0.5) is 0 Å². The van der Waals surface area contributed by atoms with Crippen LogP contribution < -0.4 is 0 Å². The molecular formula is C36H24N6. The summed E-state index contributed by atoms with van der Waals surface area (Å²) in [5.74, 6) is 1.54. The summed E-state index contributed by atoms with van der Waals surface area (Å²) >= 11 is 0. The SMILES string of the molecule is c1ccc(-c2nc3c(-c4ccc(-c5ccc(-c6cccc7[nH]c(-c8ccccn8)nc67)cc5)cc4)cccc3[nH]2)nc1. The van der Waals surface area contributed by atoms with E-state index in [1.807, 2.05) is 36.4 Å². The van der Waals surface area contributed by atoms with Gasteiger partial charge in [-0.05, 0) is 58.7 Å². The number of imidazole rings is 2. The lowest BCUT2D eigenvalue weighted by molar-refractivity contribution is 1.24. The van der Waals surface area contributed by atoms with Gasteiger partial charge in [0.05, 0.1) is 22.1 Å². The first-order valence-electron chi connectivity index (χ1n) is 13.8. The van der Waals surface area contributed by atoms with Crippen LogP contribution in [0.25, 0.3) is 78.5 Å². The number of benzene rings is 4. The second-order valence-corrected chi connectivity index (χ2v) is 10.2. The van der Waals surface area contributed by atoms with E-state index >= 15 is 0 Å². The molecule has 8 rings (SSSR count). The number of aromatic nitrogens is 6. The smallest absolute Gasteiger partial charge is 0.157 e. The number of aromatic amines is 2. The summed E-state index contributed by atoms with van der Waals surface area (Å²) in [5, 5.41) is 0. The molecule has 6 heteroatoms. The molecule has 0 aliphatic heterocycles. The monoisotopic (exact) mass is 540 g/mol. The quantitative estimate of drug-likeness (QED) is 0.229. The number of pyridine rings is 2. The normalized spacial score (nSPS) is 11.3. The van der Waals surface area contributed by atoms with Gasteiger partial charge in [-0.25, -0.2) is 9.97 Å². The Morgan fingerprint density at radius 3 is 1.21 bits per heavy atom. The second-order valence-electron chi connectivity index (χ2n) is 10.2. The number of nitrogens with one attached hydrogen (secondary N) is 2. The summed E-state index contributed by atoms with van der Waals surface area (Å²) in [7, 11) is 0. The maximum absolute atomic E-state index is 4.89. The van der Waals surface area contributed by atoms with Gasteiger partial charge in [-0.3, -0.25) is 9.97 Å². The summed E-state index contributed by atoms with van der Waals surface area (Å²) in [4.78, 5) is 25.5. The Hall–Kier alpha value is -5.88. The van der Waals surface area contributed by atoms with Crippen molar-refractivity contribution in [1.82, 2.24) is 29.9 Å². The Kier molecular flexibility index (Phi) is 5.67. The first-order chi connectivity index (χ1) is 20.8. The fourth-order valence-electron chi connectivity index (χ4n) is 5.46. The van der Waals surface area contributed by atoms with Gasteiger partial charge < -0.3 is 9.97 Å². The van der Waals surface area contributed by atoms with Gasteiger partial charge in [-0.1, -0.05) is 84.9 Å². The molecule has 0 aliphatic carbocycles.